The molecule has 0 amide bonds. The molecule has 0 radical (unpaired) electrons. The normalized spacial score (nSPS) is 12.8. The molecule has 1 atom stereocenters. The van der Waals surface area contributed by atoms with Gasteiger partial charge in [0, 0.05) is 19.5 Å². The van der Waals surface area contributed by atoms with E-state index in [1.54, 1.807) is 17.9 Å². The summed E-state index contributed by atoms with van der Waals surface area (Å²) in [4.78, 5) is 11.8. The maximum absolute atomic E-state index is 11.8. The number of Topliss-reactive ketones (excluding diaryl/α,β-unsaturated/α-hetero) is 1. The molecule has 4 nitrogen and oxygen atoms in total. The molecule has 0 fully saturated rings. The van der Waals surface area contributed by atoms with Crippen LogP contribution in [0.1, 0.15) is 36.7 Å². The highest BCUT2D eigenvalue weighted by molar-refractivity contribution is 9.10. The second-order valence-corrected chi connectivity index (χ2v) is 4.61. The fourth-order valence-corrected chi connectivity index (χ4v) is 2.00. The van der Waals surface area contributed by atoms with Crippen LogP contribution in [0.4, 0.5) is 0 Å². The number of aromatic nitrogens is 2. The first-order valence-corrected chi connectivity index (χ1v) is 5.78. The summed E-state index contributed by atoms with van der Waals surface area (Å²) in [5.74, 6) is 0.113. The highest BCUT2D eigenvalue weighted by Crippen LogP contribution is 2.17. The summed E-state index contributed by atoms with van der Waals surface area (Å²) < 4.78 is 2.36. The van der Waals surface area contributed by atoms with E-state index in [1.807, 2.05) is 6.92 Å². The van der Waals surface area contributed by atoms with Crippen molar-refractivity contribution >= 4 is 21.7 Å². The third kappa shape index (κ3) is 3.43. The second kappa shape index (κ2) is 5.42. The molecule has 15 heavy (non-hydrogen) atoms. The van der Waals surface area contributed by atoms with Crippen molar-refractivity contribution in [2.45, 2.75) is 32.2 Å². The highest BCUT2D eigenvalue weighted by atomic mass is 79.9. The quantitative estimate of drug-likeness (QED) is 0.834. The number of hydrogen-bond acceptors (Lipinski definition) is 3. The van der Waals surface area contributed by atoms with E-state index in [2.05, 4.69) is 21.0 Å². The minimum Gasteiger partial charge on any atom is -0.328 e. The molecule has 1 aromatic heterocycles. The summed E-state index contributed by atoms with van der Waals surface area (Å²) in [6.07, 6.45) is 3.87. The Morgan fingerprint density at radius 1 is 1.73 bits per heavy atom. The lowest BCUT2D eigenvalue weighted by atomic mass is 10.1. The van der Waals surface area contributed by atoms with Crippen LogP contribution in [0.15, 0.2) is 10.7 Å². The third-order valence-corrected chi connectivity index (χ3v) is 2.80. The van der Waals surface area contributed by atoms with Gasteiger partial charge in [0.15, 0.2) is 5.78 Å². The van der Waals surface area contributed by atoms with Gasteiger partial charge in [-0.2, -0.15) is 5.10 Å². The molecule has 0 saturated carbocycles. The van der Waals surface area contributed by atoms with Crippen LogP contribution >= 0.6 is 15.9 Å². The molecule has 1 aromatic rings. The summed E-state index contributed by atoms with van der Waals surface area (Å²) in [5, 5.41) is 4.00. The van der Waals surface area contributed by atoms with Gasteiger partial charge in [0.05, 0.1) is 10.7 Å². The fraction of sp³-hybridized carbons (Fsp3) is 0.600. The Bertz CT molecular complexity index is 327. The van der Waals surface area contributed by atoms with E-state index in [0.29, 0.717) is 12.1 Å². The molecule has 5 heteroatoms. The minimum atomic E-state index is 0.113. The number of halogens is 1. The van der Waals surface area contributed by atoms with Gasteiger partial charge in [-0.25, -0.2) is 0 Å². The minimum absolute atomic E-state index is 0.113. The SMILES string of the molecule is CC(N)CCCC(=O)c1c(Br)cnn1C. The Hall–Kier alpha value is -0.680. The first kappa shape index (κ1) is 12.4. The van der Waals surface area contributed by atoms with E-state index in [4.69, 9.17) is 5.73 Å². The van der Waals surface area contributed by atoms with Crippen molar-refractivity contribution in [1.29, 1.82) is 0 Å². The van der Waals surface area contributed by atoms with Gasteiger partial charge in [-0.15, -0.1) is 0 Å². The van der Waals surface area contributed by atoms with Gasteiger partial charge in [-0.05, 0) is 35.7 Å². The Kier molecular flexibility index (Phi) is 4.47. The number of ketones is 1. The Labute approximate surface area is 98.0 Å². The van der Waals surface area contributed by atoms with Crippen LogP contribution in [0, 0.1) is 0 Å². The van der Waals surface area contributed by atoms with Crippen LogP contribution in [0.2, 0.25) is 0 Å². The molecule has 84 valence electrons. The summed E-state index contributed by atoms with van der Waals surface area (Å²) >= 11 is 3.31. The molecule has 0 aliphatic heterocycles. The number of carbonyl (C=O) groups is 1. The summed E-state index contributed by atoms with van der Waals surface area (Å²) in [6, 6.07) is 0.160. The first-order valence-electron chi connectivity index (χ1n) is 4.98. The number of nitrogens with two attached hydrogens (primary N) is 1. The Morgan fingerprint density at radius 2 is 2.40 bits per heavy atom. The Morgan fingerprint density at radius 3 is 2.87 bits per heavy atom. The highest BCUT2D eigenvalue weighted by Gasteiger charge is 2.14. The molecule has 0 bridgehead atoms. The second-order valence-electron chi connectivity index (χ2n) is 3.76. The fourth-order valence-electron chi connectivity index (χ4n) is 1.43. The van der Waals surface area contributed by atoms with Crippen LogP contribution in [-0.2, 0) is 7.05 Å². The van der Waals surface area contributed by atoms with E-state index in [9.17, 15) is 4.79 Å². The smallest absolute Gasteiger partial charge is 0.182 e. The van der Waals surface area contributed by atoms with E-state index >= 15 is 0 Å². The van der Waals surface area contributed by atoms with Crippen molar-refractivity contribution in [1.82, 2.24) is 9.78 Å². The number of hydrogen-bond donors (Lipinski definition) is 1. The van der Waals surface area contributed by atoms with Crippen molar-refractivity contribution in [2.24, 2.45) is 12.8 Å². The molecular formula is C10H16BrN3O. The lowest BCUT2D eigenvalue weighted by Gasteiger charge is -2.04. The molecule has 2 N–H and O–H groups in total. The van der Waals surface area contributed by atoms with Crippen molar-refractivity contribution < 1.29 is 4.79 Å². The van der Waals surface area contributed by atoms with Crippen molar-refractivity contribution in [2.75, 3.05) is 0 Å². The average Bonchev–Trinajstić information content (AvgIpc) is 2.45. The van der Waals surface area contributed by atoms with Gasteiger partial charge in [0.1, 0.15) is 5.69 Å². The van der Waals surface area contributed by atoms with Gasteiger partial charge in [-0.1, -0.05) is 0 Å². The number of carbonyl (C=O) groups excluding carboxylic acids is 1. The van der Waals surface area contributed by atoms with E-state index < -0.39 is 0 Å². The van der Waals surface area contributed by atoms with Crippen molar-refractivity contribution in [3.8, 4) is 0 Å². The maximum atomic E-state index is 11.8. The van der Waals surface area contributed by atoms with Gasteiger partial charge in [-0.3, -0.25) is 9.48 Å². The molecule has 0 aliphatic carbocycles. The summed E-state index contributed by atoms with van der Waals surface area (Å²) in [6.45, 7) is 1.95. The van der Waals surface area contributed by atoms with Crippen LogP contribution in [-0.4, -0.2) is 21.6 Å². The average molecular weight is 274 g/mol. The number of nitrogens with zero attached hydrogens (tertiary/aromatic N) is 2. The number of aryl methyl sites for hydroxylation is 1. The molecule has 1 rings (SSSR count). The number of rotatable bonds is 5. The topological polar surface area (TPSA) is 60.9 Å². The monoisotopic (exact) mass is 273 g/mol. The van der Waals surface area contributed by atoms with Gasteiger partial charge >= 0.3 is 0 Å². The third-order valence-electron chi connectivity index (χ3n) is 2.22. The lowest BCUT2D eigenvalue weighted by molar-refractivity contribution is 0.0969. The maximum Gasteiger partial charge on any atom is 0.182 e. The zero-order chi connectivity index (χ0) is 11.4. The van der Waals surface area contributed by atoms with E-state index in [-0.39, 0.29) is 11.8 Å². The van der Waals surface area contributed by atoms with Gasteiger partial charge in [0.25, 0.3) is 0 Å². The van der Waals surface area contributed by atoms with Crippen LogP contribution < -0.4 is 5.73 Å². The van der Waals surface area contributed by atoms with Crippen LogP contribution in [0.25, 0.3) is 0 Å². The van der Waals surface area contributed by atoms with Gasteiger partial charge < -0.3 is 5.73 Å². The zero-order valence-electron chi connectivity index (χ0n) is 9.03. The predicted molar refractivity (Wildman–Crippen MR) is 62.7 cm³/mol. The molecule has 1 unspecified atom stereocenters. The predicted octanol–water partition coefficient (Wildman–Crippen LogP) is 1.88. The Balaban J connectivity index is 2.54. The molecule has 0 aromatic carbocycles. The molecule has 0 spiro atoms. The van der Waals surface area contributed by atoms with Crippen molar-refractivity contribution in [3.05, 3.63) is 16.4 Å². The van der Waals surface area contributed by atoms with E-state index in [0.717, 1.165) is 17.3 Å². The lowest BCUT2D eigenvalue weighted by Crippen LogP contribution is -2.15. The van der Waals surface area contributed by atoms with Crippen LogP contribution in [0.5, 0.6) is 0 Å². The van der Waals surface area contributed by atoms with Crippen LogP contribution in [0.3, 0.4) is 0 Å². The van der Waals surface area contributed by atoms with Gasteiger partial charge in [0.2, 0.25) is 0 Å². The molecule has 1 heterocycles. The molecule has 0 aliphatic rings. The summed E-state index contributed by atoms with van der Waals surface area (Å²) in [7, 11) is 1.77. The van der Waals surface area contributed by atoms with E-state index in [1.165, 1.54) is 0 Å². The van der Waals surface area contributed by atoms with Crippen molar-refractivity contribution in [3.63, 3.8) is 0 Å². The molecule has 0 saturated heterocycles. The largest absolute Gasteiger partial charge is 0.328 e. The molecular weight excluding hydrogens is 258 g/mol. The zero-order valence-corrected chi connectivity index (χ0v) is 10.6. The first-order chi connectivity index (χ1) is 7.02. The summed E-state index contributed by atoms with van der Waals surface area (Å²) in [5.41, 5.74) is 6.26. The standard InChI is InChI=1S/C10H16BrN3O/c1-7(12)4-3-5-9(15)10-8(11)6-13-14(10)2/h6-7H,3-5,12H2,1-2H3.